The summed E-state index contributed by atoms with van der Waals surface area (Å²) >= 11 is 0. The molecular weight excluding hydrogens is 510 g/mol. The molecule has 1 heterocycles. The van der Waals surface area contributed by atoms with E-state index in [-0.39, 0.29) is 17.9 Å². The minimum atomic E-state index is -3.89. The number of rotatable bonds is 9. The third-order valence-electron chi connectivity index (χ3n) is 6.02. The Balaban J connectivity index is 1.77. The molecule has 0 aliphatic carbocycles. The maximum Gasteiger partial charge on any atom is 0.414 e. The molecule has 38 heavy (non-hydrogen) atoms. The SMILES string of the molecule is Cc1ccc(S(=O)(=O)N2CCC[C@H]2C(=O)N[C@@H](Cc2ccc(OC(=O)N(C)C)cc2)C(=O)OC(C)C)cc1. The minimum Gasteiger partial charge on any atom is -0.461 e. The summed E-state index contributed by atoms with van der Waals surface area (Å²) in [5, 5.41) is 2.73. The van der Waals surface area contributed by atoms with Gasteiger partial charge in [0.05, 0.1) is 11.0 Å². The van der Waals surface area contributed by atoms with E-state index in [1.807, 2.05) is 6.92 Å². The lowest BCUT2D eigenvalue weighted by atomic mass is 10.0. The lowest BCUT2D eigenvalue weighted by molar-refractivity contribution is -0.151. The highest BCUT2D eigenvalue weighted by Gasteiger charge is 2.40. The average Bonchev–Trinajstić information content (AvgIpc) is 3.36. The largest absolute Gasteiger partial charge is 0.461 e. The highest BCUT2D eigenvalue weighted by atomic mass is 32.2. The molecule has 2 amide bonds. The molecule has 0 aromatic heterocycles. The molecule has 2 aromatic rings. The Morgan fingerprint density at radius 3 is 2.26 bits per heavy atom. The molecule has 1 fully saturated rings. The standard InChI is InChI=1S/C27H35N3O7S/c1-18(2)36-26(32)23(17-20-10-12-21(13-11-20)37-27(33)29(4)5)28-25(31)24-7-6-16-30(24)38(34,35)22-14-8-19(3)9-15-22/h8-15,18,23-24H,6-7,16-17H2,1-5H3,(H,28,31)/t23-,24-/m0/s1. The highest BCUT2D eigenvalue weighted by molar-refractivity contribution is 7.89. The van der Waals surface area contributed by atoms with Crippen LogP contribution in [0, 0.1) is 6.92 Å². The number of ether oxygens (including phenoxy) is 2. The Labute approximate surface area is 223 Å². The summed E-state index contributed by atoms with van der Waals surface area (Å²) in [5.74, 6) is -0.844. The Morgan fingerprint density at radius 2 is 1.68 bits per heavy atom. The van der Waals surface area contributed by atoms with Gasteiger partial charge in [-0.15, -0.1) is 0 Å². The molecule has 1 aliphatic heterocycles. The first-order valence-electron chi connectivity index (χ1n) is 12.5. The van der Waals surface area contributed by atoms with Gasteiger partial charge in [-0.25, -0.2) is 18.0 Å². The maximum atomic E-state index is 13.3. The van der Waals surface area contributed by atoms with E-state index in [2.05, 4.69) is 5.32 Å². The molecule has 1 aliphatic rings. The molecule has 1 N–H and O–H groups in total. The summed E-state index contributed by atoms with van der Waals surface area (Å²) in [6.07, 6.45) is 0.0489. The Kier molecular flexibility index (Phi) is 9.50. The summed E-state index contributed by atoms with van der Waals surface area (Å²) in [5.41, 5.74) is 1.62. The minimum absolute atomic E-state index is 0.108. The van der Waals surface area contributed by atoms with E-state index in [4.69, 9.17) is 9.47 Å². The van der Waals surface area contributed by atoms with Gasteiger partial charge >= 0.3 is 12.1 Å². The second-order valence-corrected chi connectivity index (χ2v) is 11.6. The van der Waals surface area contributed by atoms with Gasteiger partial charge in [-0.2, -0.15) is 4.31 Å². The van der Waals surface area contributed by atoms with Crippen molar-refractivity contribution in [3.8, 4) is 5.75 Å². The molecule has 10 nitrogen and oxygen atoms in total. The number of aryl methyl sites for hydroxylation is 1. The number of carbonyl (C=O) groups excluding carboxylic acids is 3. The number of carbonyl (C=O) groups is 3. The van der Waals surface area contributed by atoms with Gasteiger partial charge < -0.3 is 19.7 Å². The van der Waals surface area contributed by atoms with Crippen molar-refractivity contribution >= 4 is 28.0 Å². The number of amides is 2. The van der Waals surface area contributed by atoms with Crippen LogP contribution in [-0.4, -0.2) is 74.4 Å². The predicted molar refractivity (Wildman–Crippen MR) is 141 cm³/mol. The second-order valence-electron chi connectivity index (χ2n) is 9.74. The van der Waals surface area contributed by atoms with Gasteiger partial charge in [-0.3, -0.25) is 4.79 Å². The monoisotopic (exact) mass is 545 g/mol. The van der Waals surface area contributed by atoms with Crippen LogP contribution in [-0.2, 0) is 30.8 Å². The van der Waals surface area contributed by atoms with Crippen LogP contribution >= 0.6 is 0 Å². The topological polar surface area (TPSA) is 122 Å². The van der Waals surface area contributed by atoms with Crippen LogP contribution in [0.15, 0.2) is 53.4 Å². The van der Waals surface area contributed by atoms with Crippen LogP contribution in [0.3, 0.4) is 0 Å². The fraction of sp³-hybridized carbons (Fsp3) is 0.444. The van der Waals surface area contributed by atoms with E-state index in [0.717, 1.165) is 5.56 Å². The fourth-order valence-corrected chi connectivity index (χ4v) is 5.69. The summed E-state index contributed by atoms with van der Waals surface area (Å²) < 4.78 is 38.3. The third-order valence-corrected chi connectivity index (χ3v) is 7.94. The van der Waals surface area contributed by atoms with Gasteiger partial charge in [0, 0.05) is 27.1 Å². The number of nitrogens with zero attached hydrogens (tertiary/aromatic N) is 2. The van der Waals surface area contributed by atoms with Crippen molar-refractivity contribution in [2.24, 2.45) is 0 Å². The first-order valence-corrected chi connectivity index (χ1v) is 13.9. The molecule has 2 atom stereocenters. The zero-order valence-electron chi connectivity index (χ0n) is 22.3. The van der Waals surface area contributed by atoms with E-state index in [0.29, 0.717) is 24.2 Å². The highest BCUT2D eigenvalue weighted by Crippen LogP contribution is 2.27. The molecule has 2 aromatic carbocycles. The Hall–Kier alpha value is -3.44. The van der Waals surface area contributed by atoms with E-state index >= 15 is 0 Å². The quantitative estimate of drug-likeness (QED) is 0.481. The zero-order chi connectivity index (χ0) is 28.0. The van der Waals surface area contributed by atoms with Crippen molar-refractivity contribution < 1.29 is 32.3 Å². The normalized spacial score (nSPS) is 16.6. The number of hydrogen-bond donors (Lipinski definition) is 1. The fourth-order valence-electron chi connectivity index (χ4n) is 4.03. The zero-order valence-corrected chi connectivity index (χ0v) is 23.2. The molecule has 0 bridgehead atoms. The van der Waals surface area contributed by atoms with Crippen molar-refractivity contribution in [2.75, 3.05) is 20.6 Å². The lowest BCUT2D eigenvalue weighted by Crippen LogP contribution is -2.52. The van der Waals surface area contributed by atoms with Gasteiger partial charge in [-0.1, -0.05) is 29.8 Å². The van der Waals surface area contributed by atoms with E-state index < -0.39 is 46.2 Å². The molecule has 3 rings (SSSR count). The summed E-state index contributed by atoms with van der Waals surface area (Å²) in [7, 11) is -0.751. The van der Waals surface area contributed by atoms with E-state index in [1.165, 1.54) is 21.3 Å². The van der Waals surface area contributed by atoms with Crippen LogP contribution in [0.5, 0.6) is 5.75 Å². The van der Waals surface area contributed by atoms with Crippen LogP contribution in [0.2, 0.25) is 0 Å². The van der Waals surface area contributed by atoms with Crippen molar-refractivity contribution in [3.05, 3.63) is 59.7 Å². The predicted octanol–water partition coefficient (Wildman–Crippen LogP) is 2.89. The average molecular weight is 546 g/mol. The molecule has 0 radical (unpaired) electrons. The summed E-state index contributed by atoms with van der Waals surface area (Å²) in [4.78, 5) is 39.4. The van der Waals surface area contributed by atoms with Crippen molar-refractivity contribution in [3.63, 3.8) is 0 Å². The first kappa shape index (κ1) is 29.1. The number of hydrogen-bond acceptors (Lipinski definition) is 7. The van der Waals surface area contributed by atoms with E-state index in [1.54, 1.807) is 64.3 Å². The molecule has 1 saturated heterocycles. The van der Waals surface area contributed by atoms with Gasteiger partial charge in [0.25, 0.3) is 0 Å². The van der Waals surface area contributed by atoms with Crippen molar-refractivity contribution in [1.29, 1.82) is 0 Å². The van der Waals surface area contributed by atoms with Crippen LogP contribution < -0.4 is 10.1 Å². The van der Waals surface area contributed by atoms with Crippen LogP contribution in [0.25, 0.3) is 0 Å². The van der Waals surface area contributed by atoms with Gasteiger partial charge in [0.1, 0.15) is 17.8 Å². The molecule has 0 spiro atoms. The summed E-state index contributed by atoms with van der Waals surface area (Å²) in [6.45, 7) is 5.49. The molecule has 0 unspecified atom stereocenters. The molecule has 11 heteroatoms. The Bertz CT molecular complexity index is 1240. The molecular formula is C27H35N3O7S. The van der Waals surface area contributed by atoms with Gasteiger partial charge in [0.2, 0.25) is 15.9 Å². The smallest absolute Gasteiger partial charge is 0.414 e. The maximum absolute atomic E-state index is 13.3. The number of benzene rings is 2. The number of sulfonamides is 1. The number of nitrogens with one attached hydrogen (secondary N) is 1. The Morgan fingerprint density at radius 1 is 1.05 bits per heavy atom. The number of esters is 1. The molecule has 206 valence electrons. The lowest BCUT2D eigenvalue weighted by Gasteiger charge is -2.26. The van der Waals surface area contributed by atoms with Crippen LogP contribution in [0.1, 0.15) is 37.8 Å². The second kappa shape index (κ2) is 12.4. The van der Waals surface area contributed by atoms with Crippen LogP contribution in [0.4, 0.5) is 4.79 Å². The van der Waals surface area contributed by atoms with Gasteiger partial charge in [-0.05, 0) is 63.4 Å². The van der Waals surface area contributed by atoms with Gasteiger partial charge in [0.15, 0.2) is 0 Å². The van der Waals surface area contributed by atoms with Crippen molar-refractivity contribution in [1.82, 2.24) is 14.5 Å². The van der Waals surface area contributed by atoms with E-state index in [9.17, 15) is 22.8 Å². The molecule has 0 saturated carbocycles. The summed E-state index contributed by atoms with van der Waals surface area (Å²) in [6, 6.07) is 11.1. The third kappa shape index (κ3) is 7.32. The van der Waals surface area contributed by atoms with Crippen molar-refractivity contribution in [2.45, 2.75) is 63.1 Å². The first-order chi connectivity index (χ1) is 17.9.